The van der Waals surface area contributed by atoms with Crippen LogP contribution in [-0.4, -0.2) is 30.1 Å². The Morgan fingerprint density at radius 1 is 1.37 bits per heavy atom. The molecular weight excluding hydrogens is 284 g/mol. The fourth-order valence-corrected chi connectivity index (χ4v) is 4.00. The Labute approximate surface area is 116 Å². The number of aromatic nitrogens is 3. The highest BCUT2D eigenvalue weighted by atomic mass is 32.2. The summed E-state index contributed by atoms with van der Waals surface area (Å²) in [5.74, 6) is 0. The lowest BCUT2D eigenvalue weighted by molar-refractivity contribution is 0.580. The quantitative estimate of drug-likeness (QED) is 0.871. The summed E-state index contributed by atoms with van der Waals surface area (Å²) in [4.78, 5) is 5.56. The highest BCUT2D eigenvalue weighted by Crippen LogP contribution is 2.16. The summed E-state index contributed by atoms with van der Waals surface area (Å²) >= 11 is 1.58. The average Bonchev–Trinajstić information content (AvgIpc) is 2.86. The maximum atomic E-state index is 12.1. The van der Waals surface area contributed by atoms with E-state index in [0.29, 0.717) is 24.4 Å². The SMILES string of the molecule is Cc1cnc(CCNS(=O)(=O)c2c(C)n[nH]c2C)s1. The number of sulfonamides is 1. The fraction of sp³-hybridized carbons (Fsp3) is 0.455. The molecule has 0 aliphatic carbocycles. The van der Waals surface area contributed by atoms with Crippen molar-refractivity contribution in [1.82, 2.24) is 19.9 Å². The number of nitrogens with zero attached hydrogens (tertiary/aromatic N) is 2. The first-order chi connectivity index (χ1) is 8.90. The summed E-state index contributed by atoms with van der Waals surface area (Å²) < 4.78 is 26.9. The number of aromatic amines is 1. The van der Waals surface area contributed by atoms with E-state index in [1.807, 2.05) is 6.92 Å². The topological polar surface area (TPSA) is 87.7 Å². The van der Waals surface area contributed by atoms with E-state index in [0.717, 1.165) is 9.88 Å². The van der Waals surface area contributed by atoms with Gasteiger partial charge in [-0.2, -0.15) is 5.10 Å². The highest BCUT2D eigenvalue weighted by molar-refractivity contribution is 7.89. The summed E-state index contributed by atoms with van der Waals surface area (Å²) in [6.45, 7) is 5.67. The van der Waals surface area contributed by atoms with Crippen molar-refractivity contribution >= 4 is 21.4 Å². The van der Waals surface area contributed by atoms with Crippen molar-refractivity contribution in [2.45, 2.75) is 32.1 Å². The molecule has 2 aromatic heterocycles. The van der Waals surface area contributed by atoms with Crippen LogP contribution in [0.5, 0.6) is 0 Å². The Morgan fingerprint density at radius 2 is 2.11 bits per heavy atom. The van der Waals surface area contributed by atoms with Crippen molar-refractivity contribution in [3.05, 3.63) is 27.5 Å². The molecule has 0 saturated heterocycles. The second-order valence-corrected chi connectivity index (χ2v) is 7.30. The maximum Gasteiger partial charge on any atom is 0.244 e. The van der Waals surface area contributed by atoms with E-state index in [-0.39, 0.29) is 4.90 Å². The lowest BCUT2D eigenvalue weighted by Crippen LogP contribution is -2.26. The molecule has 0 aliphatic rings. The summed E-state index contributed by atoms with van der Waals surface area (Å²) in [5, 5.41) is 7.50. The number of thiazole rings is 1. The minimum Gasteiger partial charge on any atom is -0.281 e. The van der Waals surface area contributed by atoms with Gasteiger partial charge in [-0.25, -0.2) is 18.1 Å². The molecule has 0 aromatic carbocycles. The van der Waals surface area contributed by atoms with E-state index in [1.54, 1.807) is 31.4 Å². The van der Waals surface area contributed by atoms with Gasteiger partial charge in [0.1, 0.15) is 4.90 Å². The van der Waals surface area contributed by atoms with E-state index in [9.17, 15) is 8.42 Å². The lowest BCUT2D eigenvalue weighted by Gasteiger charge is -2.05. The molecule has 8 heteroatoms. The van der Waals surface area contributed by atoms with Gasteiger partial charge in [-0.1, -0.05) is 0 Å². The van der Waals surface area contributed by atoms with Crippen LogP contribution in [0.25, 0.3) is 0 Å². The van der Waals surface area contributed by atoms with Gasteiger partial charge in [-0.3, -0.25) is 5.10 Å². The molecule has 0 saturated carbocycles. The number of hydrogen-bond donors (Lipinski definition) is 2. The molecule has 0 radical (unpaired) electrons. The van der Waals surface area contributed by atoms with Gasteiger partial charge in [0.25, 0.3) is 0 Å². The number of nitrogens with one attached hydrogen (secondary N) is 2. The Balaban J connectivity index is 2.03. The minimum atomic E-state index is -3.51. The molecule has 0 atom stereocenters. The van der Waals surface area contributed by atoms with Gasteiger partial charge < -0.3 is 0 Å². The number of hydrogen-bond acceptors (Lipinski definition) is 5. The van der Waals surface area contributed by atoms with Gasteiger partial charge in [-0.05, 0) is 20.8 Å². The van der Waals surface area contributed by atoms with Crippen LogP contribution in [0.15, 0.2) is 11.1 Å². The third kappa shape index (κ3) is 3.20. The summed E-state index contributed by atoms with van der Waals surface area (Å²) in [5.41, 5.74) is 1.03. The normalized spacial score (nSPS) is 11.9. The summed E-state index contributed by atoms with van der Waals surface area (Å²) in [6.07, 6.45) is 2.38. The second kappa shape index (κ2) is 5.40. The summed E-state index contributed by atoms with van der Waals surface area (Å²) in [7, 11) is -3.51. The van der Waals surface area contributed by atoms with Gasteiger partial charge in [0.15, 0.2) is 0 Å². The molecule has 2 N–H and O–H groups in total. The zero-order chi connectivity index (χ0) is 14.0. The monoisotopic (exact) mass is 300 g/mol. The third-order valence-corrected chi connectivity index (χ3v) is 5.33. The van der Waals surface area contributed by atoms with Crippen molar-refractivity contribution in [2.75, 3.05) is 6.54 Å². The molecule has 2 aromatic rings. The van der Waals surface area contributed by atoms with E-state index < -0.39 is 10.0 Å². The zero-order valence-electron chi connectivity index (χ0n) is 11.0. The van der Waals surface area contributed by atoms with Crippen molar-refractivity contribution in [2.24, 2.45) is 0 Å². The highest BCUT2D eigenvalue weighted by Gasteiger charge is 2.21. The molecule has 0 aliphatic heterocycles. The van der Waals surface area contributed by atoms with Crippen molar-refractivity contribution in [1.29, 1.82) is 0 Å². The van der Waals surface area contributed by atoms with E-state index >= 15 is 0 Å². The van der Waals surface area contributed by atoms with Crippen LogP contribution in [0, 0.1) is 20.8 Å². The van der Waals surface area contributed by atoms with Crippen molar-refractivity contribution < 1.29 is 8.42 Å². The molecule has 0 bridgehead atoms. The van der Waals surface area contributed by atoms with Crippen LogP contribution >= 0.6 is 11.3 Å². The fourth-order valence-electron chi connectivity index (χ4n) is 1.82. The second-order valence-electron chi connectivity index (χ2n) is 4.28. The largest absolute Gasteiger partial charge is 0.281 e. The standard InChI is InChI=1S/C11H16N4O2S2/c1-7-6-12-10(18-7)4-5-13-19(16,17)11-8(2)14-15-9(11)3/h6,13H,4-5H2,1-3H3,(H,14,15). The number of H-pyrrole nitrogens is 1. The Kier molecular flexibility index (Phi) is 4.02. The molecule has 6 nitrogen and oxygen atoms in total. The predicted octanol–water partition coefficient (Wildman–Crippen LogP) is 1.31. The van der Waals surface area contributed by atoms with Crippen LogP contribution in [0.3, 0.4) is 0 Å². The van der Waals surface area contributed by atoms with Crippen molar-refractivity contribution in [3.8, 4) is 0 Å². The molecule has 0 spiro atoms. The third-order valence-electron chi connectivity index (χ3n) is 2.63. The molecule has 0 amide bonds. The van der Waals surface area contributed by atoms with E-state index in [4.69, 9.17) is 0 Å². The van der Waals surface area contributed by atoms with E-state index in [2.05, 4.69) is 19.9 Å². The first kappa shape index (κ1) is 14.2. The average molecular weight is 300 g/mol. The number of aryl methyl sites for hydroxylation is 3. The van der Waals surface area contributed by atoms with Crippen LogP contribution in [0.1, 0.15) is 21.3 Å². The van der Waals surface area contributed by atoms with Gasteiger partial charge in [-0.15, -0.1) is 11.3 Å². The molecule has 104 valence electrons. The van der Waals surface area contributed by atoms with Gasteiger partial charge >= 0.3 is 0 Å². The molecule has 19 heavy (non-hydrogen) atoms. The van der Waals surface area contributed by atoms with E-state index in [1.165, 1.54) is 0 Å². The Hall–Kier alpha value is -1.25. The lowest BCUT2D eigenvalue weighted by atomic mass is 10.4. The zero-order valence-corrected chi connectivity index (χ0v) is 12.7. The van der Waals surface area contributed by atoms with Gasteiger partial charge in [0, 0.05) is 24.0 Å². The number of rotatable bonds is 5. The first-order valence-corrected chi connectivity index (χ1v) is 8.12. The summed E-state index contributed by atoms with van der Waals surface area (Å²) in [6, 6.07) is 0. The minimum absolute atomic E-state index is 0.239. The molecule has 0 unspecified atom stereocenters. The Bertz CT molecular complexity index is 653. The Morgan fingerprint density at radius 3 is 2.63 bits per heavy atom. The molecule has 0 fully saturated rings. The van der Waals surface area contributed by atoms with Gasteiger partial charge in [0.05, 0.1) is 16.4 Å². The van der Waals surface area contributed by atoms with Crippen LogP contribution in [-0.2, 0) is 16.4 Å². The van der Waals surface area contributed by atoms with Gasteiger partial charge in [0.2, 0.25) is 10.0 Å². The van der Waals surface area contributed by atoms with Crippen molar-refractivity contribution in [3.63, 3.8) is 0 Å². The molecular formula is C11H16N4O2S2. The van der Waals surface area contributed by atoms with Crippen LogP contribution in [0.4, 0.5) is 0 Å². The molecule has 2 rings (SSSR count). The molecule has 2 heterocycles. The van der Waals surface area contributed by atoms with Crippen LogP contribution in [0.2, 0.25) is 0 Å². The first-order valence-electron chi connectivity index (χ1n) is 5.82. The smallest absolute Gasteiger partial charge is 0.244 e. The maximum absolute atomic E-state index is 12.1. The van der Waals surface area contributed by atoms with Crippen LogP contribution < -0.4 is 4.72 Å². The predicted molar refractivity (Wildman–Crippen MR) is 73.8 cm³/mol.